The van der Waals surface area contributed by atoms with Crippen LogP contribution in [0.1, 0.15) is 6.92 Å². The highest BCUT2D eigenvalue weighted by atomic mass is 35.5. The van der Waals surface area contributed by atoms with Crippen LogP contribution in [0.3, 0.4) is 0 Å². The molecule has 1 rings (SSSR count). The van der Waals surface area contributed by atoms with Gasteiger partial charge >= 0.3 is 0 Å². The van der Waals surface area contributed by atoms with Gasteiger partial charge in [-0.25, -0.2) is 0 Å². The molecule has 13 heavy (non-hydrogen) atoms. The van der Waals surface area contributed by atoms with Crippen molar-refractivity contribution in [1.29, 1.82) is 0 Å². The van der Waals surface area contributed by atoms with Gasteiger partial charge < -0.3 is 10.8 Å². The molecule has 0 aliphatic heterocycles. The Morgan fingerprint density at radius 2 is 2.31 bits per heavy atom. The molecule has 0 bridgehead atoms. The van der Waals surface area contributed by atoms with Crippen LogP contribution in [-0.4, -0.2) is 17.0 Å². The molecular formula is C9H12ClNOS. The second-order valence-corrected chi connectivity index (χ2v) is 4.32. The first-order valence-electron chi connectivity index (χ1n) is 3.95. The second kappa shape index (κ2) is 4.74. The smallest absolute Gasteiger partial charge is 0.0606 e. The SMILES string of the molecule is CC(O)CSc1cc(N)ccc1Cl. The van der Waals surface area contributed by atoms with E-state index in [1.54, 1.807) is 19.1 Å². The van der Waals surface area contributed by atoms with Gasteiger partial charge in [0.25, 0.3) is 0 Å². The Morgan fingerprint density at radius 1 is 1.62 bits per heavy atom. The van der Waals surface area contributed by atoms with Crippen LogP contribution in [0.5, 0.6) is 0 Å². The lowest BCUT2D eigenvalue weighted by atomic mass is 10.3. The van der Waals surface area contributed by atoms with Crippen LogP contribution in [-0.2, 0) is 0 Å². The summed E-state index contributed by atoms with van der Waals surface area (Å²) in [6.07, 6.45) is -0.331. The Morgan fingerprint density at radius 3 is 2.92 bits per heavy atom. The minimum absolute atomic E-state index is 0.331. The highest BCUT2D eigenvalue weighted by Gasteiger charge is 2.03. The van der Waals surface area contributed by atoms with Crippen molar-refractivity contribution in [3.8, 4) is 0 Å². The van der Waals surface area contributed by atoms with E-state index in [9.17, 15) is 0 Å². The molecule has 0 spiro atoms. The van der Waals surface area contributed by atoms with Crippen LogP contribution in [0.15, 0.2) is 23.1 Å². The van der Waals surface area contributed by atoms with Crippen LogP contribution in [0.2, 0.25) is 5.02 Å². The summed E-state index contributed by atoms with van der Waals surface area (Å²) in [7, 11) is 0. The van der Waals surface area contributed by atoms with E-state index in [2.05, 4.69) is 0 Å². The number of rotatable bonds is 3. The molecule has 0 saturated heterocycles. The predicted molar refractivity (Wildman–Crippen MR) is 58.3 cm³/mol. The largest absolute Gasteiger partial charge is 0.399 e. The number of halogens is 1. The summed E-state index contributed by atoms with van der Waals surface area (Å²) in [6, 6.07) is 5.34. The van der Waals surface area contributed by atoms with Crippen molar-refractivity contribution >= 4 is 29.1 Å². The van der Waals surface area contributed by atoms with E-state index >= 15 is 0 Å². The molecule has 3 N–H and O–H groups in total. The molecule has 4 heteroatoms. The summed E-state index contributed by atoms with van der Waals surface area (Å²) in [5.74, 6) is 0.628. The van der Waals surface area contributed by atoms with E-state index in [1.807, 2.05) is 6.07 Å². The molecule has 0 aliphatic rings. The van der Waals surface area contributed by atoms with Gasteiger partial charge in [-0.3, -0.25) is 0 Å². The maximum Gasteiger partial charge on any atom is 0.0606 e. The lowest BCUT2D eigenvalue weighted by Gasteiger charge is -2.06. The van der Waals surface area contributed by atoms with Crippen molar-refractivity contribution in [1.82, 2.24) is 0 Å². The Balaban J connectivity index is 2.70. The van der Waals surface area contributed by atoms with Gasteiger partial charge in [0.2, 0.25) is 0 Å². The first-order chi connectivity index (χ1) is 6.09. The average molecular weight is 218 g/mol. The zero-order valence-corrected chi connectivity index (χ0v) is 8.90. The first kappa shape index (κ1) is 10.7. The van der Waals surface area contributed by atoms with Crippen molar-refractivity contribution in [2.75, 3.05) is 11.5 Å². The van der Waals surface area contributed by atoms with Gasteiger partial charge in [0.15, 0.2) is 0 Å². The zero-order chi connectivity index (χ0) is 9.84. The molecule has 1 aromatic carbocycles. The fraction of sp³-hybridized carbons (Fsp3) is 0.333. The molecule has 0 heterocycles. The summed E-state index contributed by atoms with van der Waals surface area (Å²) in [5.41, 5.74) is 6.29. The molecule has 0 aliphatic carbocycles. The van der Waals surface area contributed by atoms with E-state index < -0.39 is 0 Å². The van der Waals surface area contributed by atoms with Gasteiger partial charge in [-0.1, -0.05) is 11.6 Å². The normalized spacial score (nSPS) is 12.8. The van der Waals surface area contributed by atoms with Crippen LogP contribution >= 0.6 is 23.4 Å². The van der Waals surface area contributed by atoms with Gasteiger partial charge in [0, 0.05) is 16.3 Å². The lowest BCUT2D eigenvalue weighted by molar-refractivity contribution is 0.220. The van der Waals surface area contributed by atoms with Gasteiger partial charge in [0.1, 0.15) is 0 Å². The molecule has 2 nitrogen and oxygen atoms in total. The van der Waals surface area contributed by atoms with Gasteiger partial charge in [-0.2, -0.15) is 0 Å². The van der Waals surface area contributed by atoms with Crippen molar-refractivity contribution in [3.05, 3.63) is 23.2 Å². The Bertz CT molecular complexity index is 291. The van der Waals surface area contributed by atoms with Crippen molar-refractivity contribution in [3.63, 3.8) is 0 Å². The van der Waals surface area contributed by atoms with Crippen LogP contribution in [0, 0.1) is 0 Å². The first-order valence-corrected chi connectivity index (χ1v) is 5.32. The molecule has 0 amide bonds. The standard InChI is InChI=1S/C9H12ClNOS/c1-6(12)5-13-9-4-7(11)2-3-8(9)10/h2-4,6,12H,5,11H2,1H3. The number of nitrogens with two attached hydrogens (primary N) is 1. The number of aliphatic hydroxyl groups is 1. The molecule has 0 fully saturated rings. The average Bonchev–Trinajstić information content (AvgIpc) is 2.06. The number of thioether (sulfide) groups is 1. The Kier molecular flexibility index (Phi) is 3.90. The fourth-order valence-corrected chi connectivity index (χ4v) is 1.97. The van der Waals surface area contributed by atoms with E-state index in [0.29, 0.717) is 16.5 Å². The van der Waals surface area contributed by atoms with Gasteiger partial charge in [-0.15, -0.1) is 11.8 Å². The molecule has 1 unspecified atom stereocenters. The number of anilines is 1. The maximum absolute atomic E-state index is 9.08. The third-order valence-electron chi connectivity index (χ3n) is 1.44. The fourth-order valence-electron chi connectivity index (χ4n) is 0.841. The number of hydrogen-bond acceptors (Lipinski definition) is 3. The zero-order valence-electron chi connectivity index (χ0n) is 7.33. The van der Waals surface area contributed by atoms with Crippen molar-refractivity contribution in [2.24, 2.45) is 0 Å². The minimum Gasteiger partial charge on any atom is -0.399 e. The topological polar surface area (TPSA) is 46.2 Å². The number of aliphatic hydroxyl groups excluding tert-OH is 1. The number of benzene rings is 1. The third-order valence-corrected chi connectivity index (χ3v) is 3.17. The van der Waals surface area contributed by atoms with Crippen LogP contribution < -0.4 is 5.73 Å². The summed E-state index contributed by atoms with van der Waals surface area (Å²) in [6.45, 7) is 1.74. The summed E-state index contributed by atoms with van der Waals surface area (Å²) in [4.78, 5) is 0.919. The van der Waals surface area contributed by atoms with Crippen LogP contribution in [0.4, 0.5) is 5.69 Å². The summed E-state index contributed by atoms with van der Waals surface area (Å²) in [5, 5.41) is 9.76. The highest BCUT2D eigenvalue weighted by Crippen LogP contribution is 2.29. The second-order valence-electron chi connectivity index (χ2n) is 2.85. The molecule has 0 radical (unpaired) electrons. The molecule has 0 aromatic heterocycles. The van der Waals surface area contributed by atoms with E-state index in [1.165, 1.54) is 11.8 Å². The van der Waals surface area contributed by atoms with Crippen molar-refractivity contribution in [2.45, 2.75) is 17.9 Å². The van der Waals surface area contributed by atoms with Crippen LogP contribution in [0.25, 0.3) is 0 Å². The van der Waals surface area contributed by atoms with Crippen molar-refractivity contribution < 1.29 is 5.11 Å². The van der Waals surface area contributed by atoms with E-state index in [0.717, 1.165) is 4.90 Å². The Hall–Kier alpha value is -0.380. The number of nitrogen functional groups attached to an aromatic ring is 1. The molecule has 72 valence electrons. The highest BCUT2D eigenvalue weighted by molar-refractivity contribution is 7.99. The van der Waals surface area contributed by atoms with Gasteiger partial charge in [-0.05, 0) is 25.1 Å². The predicted octanol–water partition coefficient (Wildman–Crippen LogP) is 2.40. The third kappa shape index (κ3) is 3.46. The summed E-state index contributed by atoms with van der Waals surface area (Å²) < 4.78 is 0. The molecule has 1 atom stereocenters. The quantitative estimate of drug-likeness (QED) is 0.604. The van der Waals surface area contributed by atoms with E-state index in [4.69, 9.17) is 22.4 Å². The Labute approximate surface area is 87.1 Å². The summed E-state index contributed by atoms with van der Waals surface area (Å²) >= 11 is 7.43. The molecule has 0 saturated carbocycles. The number of hydrogen-bond donors (Lipinski definition) is 2. The molecule has 1 aromatic rings. The lowest BCUT2D eigenvalue weighted by Crippen LogP contribution is -2.02. The maximum atomic E-state index is 9.08. The van der Waals surface area contributed by atoms with E-state index in [-0.39, 0.29) is 6.10 Å². The minimum atomic E-state index is -0.331. The monoisotopic (exact) mass is 217 g/mol. The molecular weight excluding hydrogens is 206 g/mol. The van der Waals surface area contributed by atoms with Gasteiger partial charge in [0.05, 0.1) is 11.1 Å².